The zero-order chi connectivity index (χ0) is 27.8. The summed E-state index contributed by atoms with van der Waals surface area (Å²) < 4.78 is 25.8. The molecule has 204 valence electrons. The summed E-state index contributed by atoms with van der Waals surface area (Å²) in [5.74, 6) is 2.38. The minimum Gasteiger partial charge on any atom is -0.504 e. The topological polar surface area (TPSA) is 82.3 Å². The summed E-state index contributed by atoms with van der Waals surface area (Å²) in [5.41, 5.74) is 6.90. The Kier molecular flexibility index (Phi) is 7.08. The van der Waals surface area contributed by atoms with Crippen LogP contribution in [0.3, 0.4) is 0 Å². The highest BCUT2D eigenvalue weighted by molar-refractivity contribution is 5.96. The summed E-state index contributed by atoms with van der Waals surface area (Å²) in [6.45, 7) is 8.74. The molecule has 5 rings (SSSR count). The molecule has 1 aliphatic rings. The Balaban J connectivity index is 1.77. The lowest BCUT2D eigenvalue weighted by Gasteiger charge is -2.24. The molecule has 0 fully saturated rings. The number of phenolic OH excluding ortho intramolecular Hbond substituents is 2. The Morgan fingerprint density at radius 1 is 0.692 bits per heavy atom. The van der Waals surface area contributed by atoms with Crippen LogP contribution < -0.4 is 18.9 Å². The predicted molar refractivity (Wildman–Crippen MR) is 152 cm³/mol. The van der Waals surface area contributed by atoms with Gasteiger partial charge in [-0.3, -0.25) is 0 Å². The first kappa shape index (κ1) is 26.4. The van der Waals surface area contributed by atoms with Gasteiger partial charge in [-0.2, -0.15) is 0 Å². The average Bonchev–Trinajstić information content (AvgIpc) is 3.29. The number of fused-ring (bicyclic) bond motifs is 3. The molecule has 2 N–H and O–H groups in total. The molecular weight excluding hydrogens is 494 g/mol. The Bertz CT molecular complexity index is 1520. The number of hydrogen-bond acceptors (Lipinski definition) is 6. The van der Waals surface area contributed by atoms with Gasteiger partial charge in [0.1, 0.15) is 0 Å². The minimum absolute atomic E-state index is 0.00381. The Morgan fingerprint density at radius 2 is 1.36 bits per heavy atom. The summed E-state index contributed by atoms with van der Waals surface area (Å²) >= 11 is 0. The van der Waals surface area contributed by atoms with Crippen LogP contribution in [0.4, 0.5) is 0 Å². The second-order valence-electron chi connectivity index (χ2n) is 10.3. The standard InChI is InChI=1S/C32H35NO6/c1-18(2)38-27-10-8-22(15-28(27)36-5)31-24(20-7-9-25(34)26(35)13-20)17-33-12-11-21-14-30(39-19(3)4)29(37-6)16-23(21)32(31)33/h7-10,13-19,34-35H,11-12H2,1-6H3. The van der Waals surface area contributed by atoms with Gasteiger partial charge in [0.25, 0.3) is 0 Å². The van der Waals surface area contributed by atoms with Gasteiger partial charge >= 0.3 is 0 Å². The van der Waals surface area contributed by atoms with E-state index in [-0.39, 0.29) is 23.7 Å². The van der Waals surface area contributed by atoms with E-state index in [1.807, 2.05) is 58.0 Å². The van der Waals surface area contributed by atoms with Crippen molar-refractivity contribution in [2.75, 3.05) is 14.2 Å². The largest absolute Gasteiger partial charge is 0.504 e. The first-order chi connectivity index (χ1) is 18.7. The number of hydrogen-bond donors (Lipinski definition) is 2. The van der Waals surface area contributed by atoms with Gasteiger partial charge in [-0.25, -0.2) is 0 Å². The van der Waals surface area contributed by atoms with Crippen molar-refractivity contribution in [3.63, 3.8) is 0 Å². The zero-order valence-electron chi connectivity index (χ0n) is 23.2. The van der Waals surface area contributed by atoms with Crippen LogP contribution in [0.25, 0.3) is 33.5 Å². The van der Waals surface area contributed by atoms with Crippen LogP contribution >= 0.6 is 0 Å². The van der Waals surface area contributed by atoms with Gasteiger partial charge in [0.2, 0.25) is 0 Å². The summed E-state index contributed by atoms with van der Waals surface area (Å²) in [6.07, 6.45) is 2.96. The maximum Gasteiger partial charge on any atom is 0.161 e. The fourth-order valence-electron chi connectivity index (χ4n) is 5.17. The molecule has 2 heterocycles. The van der Waals surface area contributed by atoms with Crippen LogP contribution in [0.2, 0.25) is 0 Å². The highest BCUT2D eigenvalue weighted by atomic mass is 16.5. The molecule has 0 saturated carbocycles. The lowest BCUT2D eigenvalue weighted by atomic mass is 9.90. The molecule has 7 heteroatoms. The van der Waals surface area contributed by atoms with Crippen LogP contribution in [0.5, 0.6) is 34.5 Å². The van der Waals surface area contributed by atoms with Crippen molar-refractivity contribution in [2.45, 2.75) is 52.9 Å². The lowest BCUT2D eigenvalue weighted by molar-refractivity contribution is 0.230. The van der Waals surface area contributed by atoms with E-state index in [9.17, 15) is 10.2 Å². The number of ether oxygens (including phenoxy) is 4. The third kappa shape index (κ3) is 4.97. The number of aromatic nitrogens is 1. The van der Waals surface area contributed by atoms with Gasteiger partial charge in [-0.1, -0.05) is 12.1 Å². The number of methoxy groups -OCH3 is 2. The van der Waals surface area contributed by atoms with Gasteiger partial charge in [0.05, 0.1) is 32.1 Å². The Hall–Kier alpha value is -4.26. The molecule has 0 unspecified atom stereocenters. The number of aromatic hydroxyl groups is 2. The van der Waals surface area contributed by atoms with E-state index in [2.05, 4.69) is 16.8 Å². The highest BCUT2D eigenvalue weighted by Gasteiger charge is 2.28. The third-order valence-corrected chi connectivity index (χ3v) is 6.81. The fourth-order valence-corrected chi connectivity index (χ4v) is 5.17. The molecule has 3 aromatic carbocycles. The van der Waals surface area contributed by atoms with E-state index in [4.69, 9.17) is 18.9 Å². The predicted octanol–water partition coefficient (Wildman–Crippen LogP) is 7.05. The number of phenols is 2. The van der Waals surface area contributed by atoms with Gasteiger partial charge < -0.3 is 33.7 Å². The summed E-state index contributed by atoms with van der Waals surface area (Å²) in [4.78, 5) is 0. The van der Waals surface area contributed by atoms with Gasteiger partial charge in [-0.05, 0) is 87.2 Å². The van der Waals surface area contributed by atoms with Crippen LogP contribution in [0.1, 0.15) is 33.3 Å². The third-order valence-electron chi connectivity index (χ3n) is 6.81. The molecule has 0 bridgehead atoms. The van der Waals surface area contributed by atoms with Crippen molar-refractivity contribution < 1.29 is 29.2 Å². The molecule has 7 nitrogen and oxygen atoms in total. The van der Waals surface area contributed by atoms with Crippen molar-refractivity contribution in [2.24, 2.45) is 0 Å². The van der Waals surface area contributed by atoms with Crippen molar-refractivity contribution in [1.82, 2.24) is 4.57 Å². The molecule has 1 aromatic heterocycles. The van der Waals surface area contributed by atoms with E-state index < -0.39 is 0 Å². The summed E-state index contributed by atoms with van der Waals surface area (Å²) in [6, 6.07) is 15.0. The molecule has 4 aromatic rings. The second-order valence-corrected chi connectivity index (χ2v) is 10.3. The SMILES string of the molecule is COc1cc(-c2c(-c3ccc(O)c(O)c3)cn3c2-c2cc(OC)c(OC(C)C)cc2CC3)ccc1OC(C)C. The molecule has 0 atom stereocenters. The number of nitrogens with zero attached hydrogens (tertiary/aromatic N) is 1. The number of aryl methyl sites for hydroxylation is 2. The summed E-state index contributed by atoms with van der Waals surface area (Å²) in [7, 11) is 3.29. The molecule has 0 spiro atoms. The summed E-state index contributed by atoms with van der Waals surface area (Å²) in [5, 5.41) is 20.3. The first-order valence-corrected chi connectivity index (χ1v) is 13.2. The molecule has 0 amide bonds. The van der Waals surface area contributed by atoms with Gasteiger partial charge in [-0.15, -0.1) is 0 Å². The molecular formula is C32H35NO6. The first-order valence-electron chi connectivity index (χ1n) is 13.2. The monoisotopic (exact) mass is 529 g/mol. The van der Waals surface area contributed by atoms with Crippen LogP contribution in [0.15, 0.2) is 54.7 Å². The van der Waals surface area contributed by atoms with E-state index in [1.54, 1.807) is 20.3 Å². The molecule has 0 saturated heterocycles. The van der Waals surface area contributed by atoms with Crippen molar-refractivity contribution >= 4 is 0 Å². The smallest absolute Gasteiger partial charge is 0.161 e. The lowest BCUT2D eigenvalue weighted by Crippen LogP contribution is -2.12. The van der Waals surface area contributed by atoms with Crippen LogP contribution in [-0.2, 0) is 13.0 Å². The quantitative estimate of drug-likeness (QED) is 0.238. The maximum atomic E-state index is 10.3. The number of benzene rings is 3. The molecule has 0 aliphatic carbocycles. The maximum absolute atomic E-state index is 10.3. The van der Waals surface area contributed by atoms with E-state index >= 15 is 0 Å². The highest BCUT2D eigenvalue weighted by Crippen LogP contribution is 2.49. The second kappa shape index (κ2) is 10.5. The van der Waals surface area contributed by atoms with Crippen molar-refractivity contribution in [3.8, 4) is 68.0 Å². The van der Waals surface area contributed by atoms with Crippen molar-refractivity contribution in [1.29, 1.82) is 0 Å². The average molecular weight is 530 g/mol. The van der Waals surface area contributed by atoms with E-state index in [0.29, 0.717) is 17.2 Å². The normalized spacial score (nSPS) is 12.3. The van der Waals surface area contributed by atoms with Gasteiger partial charge in [0.15, 0.2) is 34.5 Å². The van der Waals surface area contributed by atoms with Crippen LogP contribution in [0, 0.1) is 0 Å². The fraction of sp³-hybridized carbons (Fsp3) is 0.312. The van der Waals surface area contributed by atoms with Crippen molar-refractivity contribution in [3.05, 3.63) is 60.3 Å². The minimum atomic E-state index is -0.168. The molecule has 39 heavy (non-hydrogen) atoms. The van der Waals surface area contributed by atoms with E-state index in [1.165, 1.54) is 11.6 Å². The zero-order valence-corrected chi connectivity index (χ0v) is 23.2. The van der Waals surface area contributed by atoms with Crippen LogP contribution in [-0.4, -0.2) is 41.2 Å². The molecule has 0 radical (unpaired) electrons. The number of rotatable bonds is 8. The molecule has 1 aliphatic heterocycles. The Morgan fingerprint density at radius 3 is 2.03 bits per heavy atom. The Labute approximate surface area is 229 Å². The van der Waals surface area contributed by atoms with E-state index in [0.717, 1.165) is 52.2 Å². The van der Waals surface area contributed by atoms with Gasteiger partial charge in [0, 0.05) is 29.4 Å².